The highest BCUT2D eigenvalue weighted by Crippen LogP contribution is 2.18. The molecule has 0 fully saturated rings. The van der Waals surface area contributed by atoms with Crippen LogP contribution in [0, 0.1) is 0 Å². The maximum absolute atomic E-state index is 5.23. The Hall–Kier alpha value is -1.81. The van der Waals surface area contributed by atoms with E-state index in [-0.39, 0.29) is 6.04 Å². The van der Waals surface area contributed by atoms with Gasteiger partial charge in [0, 0.05) is 25.8 Å². The van der Waals surface area contributed by atoms with Crippen molar-refractivity contribution in [1.82, 2.24) is 14.9 Å². The fourth-order valence-corrected chi connectivity index (χ4v) is 1.84. The summed E-state index contributed by atoms with van der Waals surface area (Å²) in [7, 11) is 3.69. The molecule has 0 aliphatic heterocycles. The van der Waals surface area contributed by atoms with Crippen LogP contribution in [0.2, 0.25) is 0 Å². The number of nitrogens with zero attached hydrogens (tertiary/aromatic N) is 2. The van der Waals surface area contributed by atoms with Crippen LogP contribution < -0.4 is 10.1 Å². The molecule has 0 spiro atoms. The summed E-state index contributed by atoms with van der Waals surface area (Å²) in [5, 5.41) is 3.48. The van der Waals surface area contributed by atoms with Crippen molar-refractivity contribution in [3.8, 4) is 5.75 Å². The Labute approximate surface area is 108 Å². The molecule has 1 aromatic heterocycles. The normalized spacial score (nSPS) is 12.4. The third kappa shape index (κ3) is 2.90. The average Bonchev–Trinajstić information content (AvgIpc) is 2.81. The summed E-state index contributed by atoms with van der Waals surface area (Å²) in [5.41, 5.74) is 2.39. The number of rotatable bonds is 5. The summed E-state index contributed by atoms with van der Waals surface area (Å²) in [6, 6.07) is 8.40. The predicted molar refractivity (Wildman–Crippen MR) is 71.5 cm³/mol. The molecule has 0 saturated heterocycles. The fraction of sp³-hybridized carbons (Fsp3) is 0.357. The van der Waals surface area contributed by atoms with E-state index in [0.717, 1.165) is 12.3 Å². The number of hydrogen-bond acceptors (Lipinski definition) is 3. The highest BCUT2D eigenvalue weighted by atomic mass is 16.5. The standard InChI is InChI=1S/C14H19N3O/c1-11(12-5-4-6-14(7-12)18-3)16-9-13-8-15-10-17(13)2/h4-8,10-11,16H,9H2,1-3H3. The van der Waals surface area contributed by atoms with E-state index in [2.05, 4.69) is 29.4 Å². The summed E-state index contributed by atoms with van der Waals surface area (Å²) in [6.07, 6.45) is 3.69. The molecule has 96 valence electrons. The number of benzene rings is 1. The zero-order valence-corrected chi connectivity index (χ0v) is 11.1. The van der Waals surface area contributed by atoms with Crippen LogP contribution in [-0.2, 0) is 13.6 Å². The van der Waals surface area contributed by atoms with Crippen molar-refractivity contribution in [3.05, 3.63) is 48.0 Å². The lowest BCUT2D eigenvalue weighted by atomic mass is 10.1. The SMILES string of the molecule is COc1cccc(C(C)NCc2cncn2C)c1. The molecule has 0 saturated carbocycles. The van der Waals surface area contributed by atoms with Gasteiger partial charge in [-0.1, -0.05) is 12.1 Å². The zero-order chi connectivity index (χ0) is 13.0. The zero-order valence-electron chi connectivity index (χ0n) is 11.1. The summed E-state index contributed by atoms with van der Waals surface area (Å²) >= 11 is 0. The number of aromatic nitrogens is 2. The van der Waals surface area contributed by atoms with Gasteiger partial charge in [0.2, 0.25) is 0 Å². The molecule has 1 heterocycles. The highest BCUT2D eigenvalue weighted by Gasteiger charge is 2.07. The number of hydrogen-bond donors (Lipinski definition) is 1. The summed E-state index contributed by atoms with van der Waals surface area (Å²) < 4.78 is 7.25. The molecule has 0 aliphatic rings. The molecule has 1 aromatic carbocycles. The van der Waals surface area contributed by atoms with Gasteiger partial charge in [-0.2, -0.15) is 0 Å². The maximum atomic E-state index is 5.23. The van der Waals surface area contributed by atoms with Crippen molar-refractivity contribution in [2.75, 3.05) is 7.11 Å². The quantitative estimate of drug-likeness (QED) is 0.878. The van der Waals surface area contributed by atoms with Gasteiger partial charge in [-0.25, -0.2) is 4.98 Å². The molecule has 1 unspecified atom stereocenters. The lowest BCUT2D eigenvalue weighted by Crippen LogP contribution is -2.19. The topological polar surface area (TPSA) is 39.1 Å². The molecule has 1 atom stereocenters. The van der Waals surface area contributed by atoms with Gasteiger partial charge in [0.15, 0.2) is 0 Å². The molecule has 4 heteroatoms. The van der Waals surface area contributed by atoms with Gasteiger partial charge in [0.05, 0.1) is 19.1 Å². The van der Waals surface area contributed by atoms with Crippen molar-refractivity contribution in [2.45, 2.75) is 19.5 Å². The van der Waals surface area contributed by atoms with Gasteiger partial charge in [0.1, 0.15) is 5.75 Å². The van der Waals surface area contributed by atoms with Crippen LogP contribution in [0.4, 0.5) is 0 Å². The minimum absolute atomic E-state index is 0.273. The van der Waals surface area contributed by atoms with E-state index in [1.54, 1.807) is 7.11 Å². The van der Waals surface area contributed by atoms with E-state index in [0.29, 0.717) is 0 Å². The van der Waals surface area contributed by atoms with Crippen molar-refractivity contribution in [2.24, 2.45) is 7.05 Å². The summed E-state index contributed by atoms with van der Waals surface area (Å²) in [6.45, 7) is 2.94. The second-order valence-electron chi connectivity index (χ2n) is 4.38. The molecular weight excluding hydrogens is 226 g/mol. The van der Waals surface area contributed by atoms with E-state index in [4.69, 9.17) is 4.74 Å². The molecular formula is C14H19N3O. The first-order valence-corrected chi connectivity index (χ1v) is 6.03. The summed E-state index contributed by atoms with van der Waals surface area (Å²) in [5.74, 6) is 0.890. The predicted octanol–water partition coefficient (Wildman–Crippen LogP) is 2.28. The Balaban J connectivity index is 1.99. The van der Waals surface area contributed by atoms with Crippen molar-refractivity contribution >= 4 is 0 Å². The monoisotopic (exact) mass is 245 g/mol. The van der Waals surface area contributed by atoms with Crippen molar-refractivity contribution < 1.29 is 4.74 Å². The third-order valence-electron chi connectivity index (χ3n) is 3.10. The van der Waals surface area contributed by atoms with E-state index < -0.39 is 0 Å². The van der Waals surface area contributed by atoms with Gasteiger partial charge < -0.3 is 14.6 Å². The number of aryl methyl sites for hydroxylation is 1. The van der Waals surface area contributed by atoms with Crippen molar-refractivity contribution in [1.29, 1.82) is 0 Å². The second-order valence-corrected chi connectivity index (χ2v) is 4.38. The number of imidazole rings is 1. The molecule has 2 aromatic rings. The van der Waals surface area contributed by atoms with Gasteiger partial charge >= 0.3 is 0 Å². The minimum atomic E-state index is 0.273. The van der Waals surface area contributed by atoms with Gasteiger partial charge in [-0.3, -0.25) is 0 Å². The van der Waals surface area contributed by atoms with Gasteiger partial charge in [-0.05, 0) is 24.6 Å². The first-order valence-electron chi connectivity index (χ1n) is 6.03. The lowest BCUT2D eigenvalue weighted by molar-refractivity contribution is 0.413. The highest BCUT2D eigenvalue weighted by molar-refractivity contribution is 5.30. The van der Waals surface area contributed by atoms with Crippen LogP contribution in [0.5, 0.6) is 5.75 Å². The first kappa shape index (κ1) is 12.6. The lowest BCUT2D eigenvalue weighted by Gasteiger charge is -2.15. The molecule has 18 heavy (non-hydrogen) atoms. The number of ether oxygens (including phenoxy) is 1. The first-order chi connectivity index (χ1) is 8.70. The van der Waals surface area contributed by atoms with Crippen LogP contribution in [0.3, 0.4) is 0 Å². The molecule has 4 nitrogen and oxygen atoms in total. The van der Waals surface area contributed by atoms with Crippen LogP contribution in [0.1, 0.15) is 24.2 Å². The third-order valence-corrected chi connectivity index (χ3v) is 3.10. The van der Waals surface area contributed by atoms with Crippen molar-refractivity contribution in [3.63, 3.8) is 0 Å². The molecule has 1 N–H and O–H groups in total. The Morgan fingerprint density at radius 1 is 1.44 bits per heavy atom. The van der Waals surface area contributed by atoms with Gasteiger partial charge in [0.25, 0.3) is 0 Å². The Morgan fingerprint density at radius 2 is 2.28 bits per heavy atom. The fourth-order valence-electron chi connectivity index (χ4n) is 1.84. The van der Waals surface area contributed by atoms with E-state index in [1.165, 1.54) is 11.3 Å². The second kappa shape index (κ2) is 5.69. The molecule has 2 rings (SSSR count). The Morgan fingerprint density at radius 3 is 2.94 bits per heavy atom. The maximum Gasteiger partial charge on any atom is 0.119 e. The minimum Gasteiger partial charge on any atom is -0.497 e. The van der Waals surface area contributed by atoms with Crippen LogP contribution in [0.25, 0.3) is 0 Å². The molecule has 0 aliphatic carbocycles. The molecule has 0 radical (unpaired) electrons. The van der Waals surface area contributed by atoms with Crippen LogP contribution in [-0.4, -0.2) is 16.7 Å². The van der Waals surface area contributed by atoms with E-state index in [1.807, 2.05) is 36.3 Å². The smallest absolute Gasteiger partial charge is 0.119 e. The Bertz CT molecular complexity index is 507. The number of nitrogens with one attached hydrogen (secondary N) is 1. The van der Waals surface area contributed by atoms with Crippen LogP contribution in [0.15, 0.2) is 36.8 Å². The molecule has 0 amide bonds. The number of methoxy groups -OCH3 is 1. The van der Waals surface area contributed by atoms with E-state index >= 15 is 0 Å². The van der Waals surface area contributed by atoms with Gasteiger partial charge in [-0.15, -0.1) is 0 Å². The average molecular weight is 245 g/mol. The Kier molecular flexibility index (Phi) is 3.99. The largest absolute Gasteiger partial charge is 0.497 e. The summed E-state index contributed by atoms with van der Waals surface area (Å²) in [4.78, 5) is 4.10. The van der Waals surface area contributed by atoms with E-state index in [9.17, 15) is 0 Å². The van der Waals surface area contributed by atoms with Crippen LogP contribution >= 0.6 is 0 Å². The molecule has 0 bridgehead atoms.